The fraction of sp³-hybridized carbons (Fsp3) is 0.263. The van der Waals surface area contributed by atoms with Crippen molar-refractivity contribution in [2.24, 2.45) is 0 Å². The Kier molecular flexibility index (Phi) is 3.26. The quantitative estimate of drug-likeness (QED) is 0.662. The third-order valence-electron chi connectivity index (χ3n) is 4.05. The van der Waals surface area contributed by atoms with Crippen LogP contribution in [0.4, 0.5) is 0 Å². The van der Waals surface area contributed by atoms with Crippen LogP contribution in [-0.4, -0.2) is 9.38 Å². The van der Waals surface area contributed by atoms with E-state index >= 15 is 0 Å². The van der Waals surface area contributed by atoms with Crippen molar-refractivity contribution in [1.29, 1.82) is 5.26 Å². The lowest BCUT2D eigenvalue weighted by atomic mass is 9.86. The first-order valence-electron chi connectivity index (χ1n) is 7.40. The average Bonchev–Trinajstić information content (AvgIpc) is 2.92. The largest absolute Gasteiger partial charge is 0.302 e. The Morgan fingerprint density at radius 1 is 1.05 bits per heavy atom. The Morgan fingerprint density at radius 3 is 2.32 bits per heavy atom. The molecule has 0 aliphatic carbocycles. The van der Waals surface area contributed by atoms with Gasteiger partial charge in [-0.1, -0.05) is 45.0 Å². The summed E-state index contributed by atoms with van der Waals surface area (Å²) in [6.07, 6.45) is 2.00. The van der Waals surface area contributed by atoms with Crippen LogP contribution in [0.2, 0.25) is 0 Å². The number of imidazole rings is 1. The van der Waals surface area contributed by atoms with E-state index in [1.54, 1.807) is 0 Å². The summed E-state index contributed by atoms with van der Waals surface area (Å²) in [4.78, 5) is 4.66. The highest BCUT2D eigenvalue weighted by Gasteiger charge is 2.14. The highest BCUT2D eigenvalue weighted by atomic mass is 15.0. The van der Waals surface area contributed by atoms with Gasteiger partial charge >= 0.3 is 0 Å². The molecule has 2 heterocycles. The van der Waals surface area contributed by atoms with Gasteiger partial charge in [-0.2, -0.15) is 5.26 Å². The zero-order chi connectivity index (χ0) is 15.9. The zero-order valence-corrected chi connectivity index (χ0v) is 13.4. The summed E-state index contributed by atoms with van der Waals surface area (Å²) in [6.45, 7) is 8.57. The third-order valence-corrected chi connectivity index (χ3v) is 4.05. The van der Waals surface area contributed by atoms with E-state index in [2.05, 4.69) is 56.1 Å². The van der Waals surface area contributed by atoms with Gasteiger partial charge in [0, 0.05) is 17.5 Å². The van der Waals surface area contributed by atoms with Crippen molar-refractivity contribution in [1.82, 2.24) is 9.38 Å². The van der Waals surface area contributed by atoms with Crippen molar-refractivity contribution in [2.75, 3.05) is 0 Å². The van der Waals surface area contributed by atoms with Crippen LogP contribution in [0.15, 0.2) is 42.6 Å². The molecule has 0 radical (unpaired) electrons. The van der Waals surface area contributed by atoms with Crippen molar-refractivity contribution in [3.63, 3.8) is 0 Å². The summed E-state index contributed by atoms with van der Waals surface area (Å²) >= 11 is 0. The van der Waals surface area contributed by atoms with Crippen molar-refractivity contribution in [2.45, 2.75) is 33.1 Å². The van der Waals surface area contributed by atoms with Crippen molar-refractivity contribution < 1.29 is 0 Å². The molecule has 3 aromatic rings. The minimum atomic E-state index is 0.149. The van der Waals surface area contributed by atoms with Gasteiger partial charge < -0.3 is 4.40 Å². The van der Waals surface area contributed by atoms with Crippen LogP contribution >= 0.6 is 0 Å². The first-order chi connectivity index (χ1) is 10.4. The highest BCUT2D eigenvalue weighted by molar-refractivity contribution is 5.64. The maximum atomic E-state index is 9.12. The van der Waals surface area contributed by atoms with Crippen molar-refractivity contribution in [3.8, 4) is 17.3 Å². The molecule has 0 spiro atoms. The van der Waals surface area contributed by atoms with Crippen molar-refractivity contribution >= 4 is 5.65 Å². The number of aromatic nitrogens is 2. The maximum absolute atomic E-state index is 9.12. The number of nitrogens with zero attached hydrogens (tertiary/aromatic N) is 3. The molecular weight excluding hydrogens is 270 g/mol. The molecule has 0 saturated carbocycles. The standard InChI is InChI=1S/C19H19N3/c1-13-15(11-20)7-10-18-21-17(12-22(13)18)14-5-8-16(9-6-14)19(2,3)4/h5-10,12H,1-4H3. The summed E-state index contributed by atoms with van der Waals surface area (Å²) in [5.41, 5.74) is 5.95. The van der Waals surface area contributed by atoms with Gasteiger partial charge in [0.05, 0.1) is 11.3 Å². The Hall–Kier alpha value is -2.60. The van der Waals surface area contributed by atoms with Crippen LogP contribution < -0.4 is 0 Å². The van der Waals surface area contributed by atoms with Gasteiger partial charge in [0.15, 0.2) is 0 Å². The zero-order valence-electron chi connectivity index (χ0n) is 13.4. The minimum Gasteiger partial charge on any atom is -0.302 e. The lowest BCUT2D eigenvalue weighted by Gasteiger charge is -2.18. The van der Waals surface area contributed by atoms with Crippen LogP contribution in [0, 0.1) is 18.3 Å². The summed E-state index contributed by atoms with van der Waals surface area (Å²) in [6, 6.07) is 14.5. The average molecular weight is 289 g/mol. The van der Waals surface area contributed by atoms with E-state index in [9.17, 15) is 0 Å². The molecule has 0 atom stereocenters. The van der Waals surface area contributed by atoms with E-state index in [1.807, 2.05) is 29.7 Å². The first kappa shape index (κ1) is 14.3. The lowest BCUT2D eigenvalue weighted by Crippen LogP contribution is -2.10. The minimum absolute atomic E-state index is 0.149. The smallest absolute Gasteiger partial charge is 0.137 e. The fourth-order valence-electron chi connectivity index (χ4n) is 2.59. The molecule has 0 fully saturated rings. The fourth-order valence-corrected chi connectivity index (χ4v) is 2.59. The maximum Gasteiger partial charge on any atom is 0.137 e. The SMILES string of the molecule is Cc1c(C#N)ccc2nc(-c3ccc(C(C)(C)C)cc3)cn12. The number of hydrogen-bond acceptors (Lipinski definition) is 2. The van der Waals surface area contributed by atoms with Gasteiger partial charge in [0.1, 0.15) is 11.7 Å². The van der Waals surface area contributed by atoms with E-state index < -0.39 is 0 Å². The number of rotatable bonds is 1. The highest BCUT2D eigenvalue weighted by Crippen LogP contribution is 2.26. The number of pyridine rings is 1. The number of fused-ring (bicyclic) bond motifs is 1. The van der Waals surface area contributed by atoms with Gasteiger partial charge in [0.2, 0.25) is 0 Å². The molecule has 0 saturated heterocycles. The van der Waals surface area contributed by atoms with Crippen LogP contribution in [-0.2, 0) is 5.41 Å². The first-order valence-corrected chi connectivity index (χ1v) is 7.40. The van der Waals surface area contributed by atoms with Crippen LogP contribution in [0.3, 0.4) is 0 Å². The Balaban J connectivity index is 2.08. The molecule has 3 heteroatoms. The summed E-state index contributed by atoms with van der Waals surface area (Å²) in [5, 5.41) is 9.12. The second-order valence-corrected chi connectivity index (χ2v) is 6.63. The second-order valence-electron chi connectivity index (χ2n) is 6.63. The van der Waals surface area contributed by atoms with E-state index in [0.717, 1.165) is 22.6 Å². The molecule has 1 aromatic carbocycles. The molecular formula is C19H19N3. The number of hydrogen-bond donors (Lipinski definition) is 0. The normalized spacial score (nSPS) is 11.6. The van der Waals surface area contributed by atoms with Gasteiger partial charge in [-0.15, -0.1) is 0 Å². The molecule has 0 unspecified atom stereocenters. The molecule has 110 valence electrons. The van der Waals surface area contributed by atoms with E-state index in [1.165, 1.54) is 5.56 Å². The molecule has 0 bridgehead atoms. The molecule has 22 heavy (non-hydrogen) atoms. The predicted molar refractivity (Wildman–Crippen MR) is 88.8 cm³/mol. The van der Waals surface area contributed by atoms with Gasteiger partial charge in [0.25, 0.3) is 0 Å². The molecule has 0 N–H and O–H groups in total. The molecule has 0 aliphatic heterocycles. The molecule has 3 rings (SSSR count). The summed E-state index contributed by atoms with van der Waals surface area (Å²) in [5.74, 6) is 0. The molecule has 0 amide bonds. The van der Waals surface area contributed by atoms with Gasteiger partial charge in [-0.3, -0.25) is 0 Å². The van der Waals surface area contributed by atoms with Crippen molar-refractivity contribution in [3.05, 3.63) is 59.4 Å². The monoisotopic (exact) mass is 289 g/mol. The Morgan fingerprint density at radius 2 is 1.73 bits per heavy atom. The number of aryl methyl sites for hydroxylation is 1. The lowest BCUT2D eigenvalue weighted by molar-refractivity contribution is 0.590. The summed E-state index contributed by atoms with van der Waals surface area (Å²) in [7, 11) is 0. The van der Waals surface area contributed by atoms with E-state index in [0.29, 0.717) is 5.56 Å². The molecule has 3 nitrogen and oxygen atoms in total. The van der Waals surface area contributed by atoms with Gasteiger partial charge in [-0.05, 0) is 30.0 Å². The molecule has 0 aliphatic rings. The topological polar surface area (TPSA) is 41.1 Å². The number of benzene rings is 1. The number of nitriles is 1. The Labute approximate surface area is 130 Å². The van der Waals surface area contributed by atoms with E-state index in [4.69, 9.17) is 5.26 Å². The van der Waals surface area contributed by atoms with Crippen LogP contribution in [0.5, 0.6) is 0 Å². The molecule has 2 aromatic heterocycles. The summed E-state index contributed by atoms with van der Waals surface area (Å²) < 4.78 is 1.98. The predicted octanol–water partition coefficient (Wildman–Crippen LogP) is 4.48. The Bertz CT molecular complexity index is 872. The second kappa shape index (κ2) is 4.99. The van der Waals surface area contributed by atoms with Crippen LogP contribution in [0.25, 0.3) is 16.9 Å². The van der Waals surface area contributed by atoms with Crippen LogP contribution in [0.1, 0.15) is 37.6 Å². The van der Waals surface area contributed by atoms with E-state index in [-0.39, 0.29) is 5.41 Å². The van der Waals surface area contributed by atoms with Gasteiger partial charge in [-0.25, -0.2) is 4.98 Å². The third kappa shape index (κ3) is 2.37.